The molecule has 16 rings (SSSR count). The third kappa shape index (κ3) is 10.6. The summed E-state index contributed by atoms with van der Waals surface area (Å²) in [4.78, 5) is 7.18. The van der Waals surface area contributed by atoms with E-state index in [1.165, 1.54) is 70.9 Å². The van der Waals surface area contributed by atoms with Crippen LogP contribution in [0.5, 0.6) is 0 Å². The molecule has 0 saturated heterocycles. The van der Waals surface area contributed by atoms with Crippen molar-refractivity contribution >= 4 is 99.7 Å². The smallest absolute Gasteiger partial charge is 0.0540 e. The summed E-state index contributed by atoms with van der Waals surface area (Å²) in [6, 6.07) is 123. The van der Waals surface area contributed by atoms with E-state index in [1.54, 1.807) is 0 Å². The lowest BCUT2D eigenvalue weighted by Gasteiger charge is -2.28. The second-order valence-corrected chi connectivity index (χ2v) is 23.7. The fraction of sp³-hybridized carbons (Fsp3) is 0.0112. The molecule has 15 aromatic rings. The predicted octanol–water partition coefficient (Wildman–Crippen LogP) is 24.7. The molecule has 15 aromatic carbocycles. The second-order valence-electron chi connectivity index (χ2n) is 23.7. The number of allylic oxidation sites excluding steroid dienone is 4. The summed E-state index contributed by atoms with van der Waals surface area (Å²) in [5.41, 5.74) is 22.2. The highest BCUT2D eigenvalue weighted by Gasteiger charge is 2.22. The maximum absolute atomic E-state index is 4.94. The van der Waals surface area contributed by atoms with E-state index in [2.05, 4.69) is 373 Å². The molecule has 92 heavy (non-hydrogen) atoms. The molecule has 0 aromatic heterocycles. The Morgan fingerprint density at radius 1 is 0.283 bits per heavy atom. The van der Waals surface area contributed by atoms with E-state index >= 15 is 0 Å². The molecule has 1 aliphatic rings. The summed E-state index contributed by atoms with van der Waals surface area (Å²) in [7, 11) is 0. The van der Waals surface area contributed by atoms with Gasteiger partial charge < -0.3 is 14.7 Å². The lowest BCUT2D eigenvalue weighted by molar-refractivity contribution is 1.10. The summed E-state index contributed by atoms with van der Waals surface area (Å²) in [5.74, 6) is 0. The highest BCUT2D eigenvalue weighted by atomic mass is 15.2. The van der Waals surface area contributed by atoms with Crippen molar-refractivity contribution in [3.05, 3.63) is 376 Å². The molecule has 3 nitrogen and oxygen atoms in total. The number of rotatable bonds is 12. The minimum absolute atomic E-state index is 0.629. The van der Waals surface area contributed by atoms with Crippen LogP contribution in [-0.2, 0) is 0 Å². The quantitative estimate of drug-likeness (QED) is 0.113. The maximum atomic E-state index is 4.94. The van der Waals surface area contributed by atoms with Gasteiger partial charge in [0.15, 0.2) is 0 Å². The van der Waals surface area contributed by atoms with Crippen molar-refractivity contribution in [2.24, 2.45) is 0 Å². The number of nitrogens with zero attached hydrogens (tertiary/aromatic N) is 3. The summed E-state index contributed by atoms with van der Waals surface area (Å²) in [6.07, 6.45) is 6.86. The molecule has 0 N–H and O–H groups in total. The monoisotopic (exact) mass is 1170 g/mol. The highest BCUT2D eigenvalue weighted by molar-refractivity contribution is 6.26. The molecule has 0 fully saturated rings. The van der Waals surface area contributed by atoms with Crippen molar-refractivity contribution in [3.8, 4) is 44.5 Å². The Kier molecular flexibility index (Phi) is 14.5. The zero-order chi connectivity index (χ0) is 61.3. The van der Waals surface area contributed by atoms with Gasteiger partial charge in [-0.1, -0.05) is 267 Å². The zero-order valence-corrected chi connectivity index (χ0v) is 50.8. The standard InChI is InChI=1S/C89H63N3/c1-62-59-72(69-42-51-77(52-43-69)91(75-47-38-67(39-48-75)64-21-7-3-8-22-64)76-49-40-68(41-50-76)66-36-34-65(35-37-66)63-19-5-2-6-20-63)25-18-58-90(79-55-56-85-83-31-14-13-29-81(83)82-30-15-16-32-84(82)87(85)61-79)88-57-46-73(60-86(62)88)70-44-53-78(54-45-70)92(74-26-9-4-10-27-74)89-33-17-24-71-23-11-12-28-80(71)89/h2-57,59-61H,1,58H2/b25-18-,72-59+. The Balaban J connectivity index is 0.775. The molecule has 0 atom stereocenters. The summed E-state index contributed by atoms with van der Waals surface area (Å²) >= 11 is 0. The average molecular weight is 1170 g/mol. The summed E-state index contributed by atoms with van der Waals surface area (Å²) in [6.45, 7) is 5.57. The van der Waals surface area contributed by atoms with Crippen molar-refractivity contribution in [2.45, 2.75) is 0 Å². The molecule has 3 heteroatoms. The Bertz CT molecular complexity index is 5230. The third-order valence-electron chi connectivity index (χ3n) is 18.2. The first-order valence-electron chi connectivity index (χ1n) is 31.6. The molecule has 1 aliphatic heterocycles. The molecule has 0 bridgehead atoms. The molecule has 0 unspecified atom stereocenters. The van der Waals surface area contributed by atoms with Gasteiger partial charge >= 0.3 is 0 Å². The van der Waals surface area contributed by atoms with Gasteiger partial charge in [0, 0.05) is 57.3 Å². The van der Waals surface area contributed by atoms with Crippen LogP contribution in [0.3, 0.4) is 0 Å². The minimum atomic E-state index is 0.629. The van der Waals surface area contributed by atoms with Crippen molar-refractivity contribution in [3.63, 3.8) is 0 Å². The molecule has 0 amide bonds. The lowest BCUT2D eigenvalue weighted by Crippen LogP contribution is -2.18. The molecule has 1 heterocycles. The van der Waals surface area contributed by atoms with E-state index in [9.17, 15) is 0 Å². The van der Waals surface area contributed by atoms with Crippen LogP contribution in [-0.4, -0.2) is 6.54 Å². The van der Waals surface area contributed by atoms with E-state index in [1.807, 2.05) is 0 Å². The fourth-order valence-corrected chi connectivity index (χ4v) is 13.6. The molecule has 0 aliphatic carbocycles. The first-order valence-corrected chi connectivity index (χ1v) is 31.6. The SMILES string of the molecule is C=C1/C=C(c2ccc(N(c3ccc(-c4ccccc4)cc3)c3ccc(-c4ccc(-c5ccccc5)cc4)cc3)cc2)\C=C/CN(c2ccc3c4ccccc4c4ccccc4c3c2)c2ccc(-c3ccc(N(c4ccccc4)c4cccc5ccccc45)cc3)cc21. The Morgan fingerprint density at radius 3 is 1.22 bits per heavy atom. The van der Waals surface area contributed by atoms with Gasteiger partial charge in [0.1, 0.15) is 0 Å². The van der Waals surface area contributed by atoms with Crippen LogP contribution in [0.15, 0.2) is 365 Å². The number of fused-ring (bicyclic) bond motifs is 8. The molecular weight excluding hydrogens is 1110 g/mol. The second kappa shape index (κ2) is 24.2. The van der Waals surface area contributed by atoms with Crippen LogP contribution in [0.25, 0.3) is 98.7 Å². The topological polar surface area (TPSA) is 9.72 Å². The molecule has 434 valence electrons. The predicted molar refractivity (Wildman–Crippen MR) is 394 cm³/mol. The number of hydrogen-bond acceptors (Lipinski definition) is 3. The van der Waals surface area contributed by atoms with Gasteiger partial charge in [0.05, 0.1) is 5.69 Å². The molecule has 0 spiro atoms. The van der Waals surface area contributed by atoms with E-state index in [4.69, 9.17) is 6.58 Å². The Labute approximate surface area is 537 Å². The molecule has 0 saturated carbocycles. The highest BCUT2D eigenvalue weighted by Crippen LogP contribution is 2.45. The normalized spacial score (nSPS) is 13.2. The average Bonchev–Trinajstić information content (AvgIpc) is 0.827. The molecular formula is C89H63N3. The Hall–Kier alpha value is -12.0. The van der Waals surface area contributed by atoms with Gasteiger partial charge in [-0.3, -0.25) is 0 Å². The van der Waals surface area contributed by atoms with Crippen molar-refractivity contribution in [1.29, 1.82) is 0 Å². The van der Waals surface area contributed by atoms with Gasteiger partial charge in [0.25, 0.3) is 0 Å². The molecule has 0 radical (unpaired) electrons. The van der Waals surface area contributed by atoms with Gasteiger partial charge in [-0.05, 0) is 196 Å². The van der Waals surface area contributed by atoms with Gasteiger partial charge in [0.2, 0.25) is 0 Å². The van der Waals surface area contributed by atoms with Crippen LogP contribution >= 0.6 is 0 Å². The number of anilines is 8. The largest absolute Gasteiger partial charge is 0.337 e. The van der Waals surface area contributed by atoms with Crippen LogP contribution in [0.2, 0.25) is 0 Å². The third-order valence-corrected chi connectivity index (χ3v) is 18.2. The fourth-order valence-electron chi connectivity index (χ4n) is 13.6. The number of hydrogen-bond donors (Lipinski definition) is 0. The summed E-state index contributed by atoms with van der Waals surface area (Å²) in [5, 5.41) is 9.91. The van der Waals surface area contributed by atoms with E-state index in [0.717, 1.165) is 84.5 Å². The number of benzene rings is 15. The van der Waals surface area contributed by atoms with Gasteiger partial charge in [-0.15, -0.1) is 0 Å². The van der Waals surface area contributed by atoms with Crippen LogP contribution in [0, 0.1) is 0 Å². The van der Waals surface area contributed by atoms with Crippen LogP contribution < -0.4 is 14.7 Å². The first kappa shape index (κ1) is 55.3. The van der Waals surface area contributed by atoms with E-state index in [0.29, 0.717) is 6.54 Å². The Morgan fingerprint density at radius 2 is 0.674 bits per heavy atom. The summed E-state index contributed by atoms with van der Waals surface area (Å²) < 4.78 is 0. The van der Waals surface area contributed by atoms with Crippen LogP contribution in [0.1, 0.15) is 11.1 Å². The van der Waals surface area contributed by atoms with E-state index in [-0.39, 0.29) is 0 Å². The van der Waals surface area contributed by atoms with Crippen molar-refractivity contribution in [1.82, 2.24) is 0 Å². The minimum Gasteiger partial charge on any atom is -0.337 e. The number of para-hydroxylation sites is 1. The van der Waals surface area contributed by atoms with Gasteiger partial charge in [-0.25, -0.2) is 0 Å². The van der Waals surface area contributed by atoms with Crippen molar-refractivity contribution in [2.75, 3.05) is 21.2 Å². The first-order chi connectivity index (χ1) is 45.5. The van der Waals surface area contributed by atoms with E-state index < -0.39 is 0 Å². The van der Waals surface area contributed by atoms with Crippen molar-refractivity contribution < 1.29 is 0 Å². The van der Waals surface area contributed by atoms with Crippen LogP contribution in [0.4, 0.5) is 45.5 Å². The lowest BCUT2D eigenvalue weighted by atomic mass is 9.93. The van der Waals surface area contributed by atoms with Gasteiger partial charge in [-0.2, -0.15) is 0 Å². The maximum Gasteiger partial charge on any atom is 0.0540 e. The zero-order valence-electron chi connectivity index (χ0n) is 50.8.